The highest BCUT2D eigenvalue weighted by Crippen LogP contribution is 2.28. The van der Waals surface area contributed by atoms with E-state index < -0.39 is 0 Å². The summed E-state index contributed by atoms with van der Waals surface area (Å²) >= 11 is 3.03. The van der Waals surface area contributed by atoms with Gasteiger partial charge < -0.3 is 5.32 Å². The van der Waals surface area contributed by atoms with E-state index in [0.29, 0.717) is 17.5 Å². The van der Waals surface area contributed by atoms with Crippen molar-refractivity contribution in [2.24, 2.45) is 5.92 Å². The average molecular weight is 351 g/mol. The van der Waals surface area contributed by atoms with Gasteiger partial charge in [0.1, 0.15) is 5.82 Å². The molecule has 1 aliphatic carbocycles. The Bertz CT molecular complexity index is 605. The highest BCUT2D eigenvalue weighted by atomic mass is 32.2. The van der Waals surface area contributed by atoms with E-state index >= 15 is 0 Å². The van der Waals surface area contributed by atoms with Gasteiger partial charge in [-0.25, -0.2) is 4.98 Å². The molecule has 0 bridgehead atoms. The molecule has 2 aromatic heterocycles. The largest absolute Gasteiger partial charge is 0.350 e. The average Bonchev–Trinajstić information content (AvgIpc) is 3.31. The number of aromatic nitrogens is 3. The number of nitrogens with one attached hydrogen (secondary N) is 2. The van der Waals surface area contributed by atoms with Crippen molar-refractivity contribution in [1.82, 2.24) is 20.5 Å². The number of hydrogen-bond acceptors (Lipinski definition) is 5. The van der Waals surface area contributed by atoms with Gasteiger partial charge in [0, 0.05) is 11.3 Å². The lowest BCUT2D eigenvalue weighted by Gasteiger charge is -2.05. The van der Waals surface area contributed by atoms with Gasteiger partial charge in [0.15, 0.2) is 0 Å². The van der Waals surface area contributed by atoms with E-state index in [2.05, 4.69) is 20.5 Å². The van der Waals surface area contributed by atoms with Gasteiger partial charge >= 0.3 is 0 Å². The summed E-state index contributed by atoms with van der Waals surface area (Å²) in [4.78, 5) is 17.5. The number of nitrogens with zero attached hydrogens (tertiary/aromatic N) is 2. The Morgan fingerprint density at radius 1 is 1.43 bits per heavy atom. The molecule has 0 radical (unpaired) electrons. The van der Waals surface area contributed by atoms with Gasteiger partial charge in [0.25, 0.3) is 0 Å². The van der Waals surface area contributed by atoms with Crippen molar-refractivity contribution in [2.75, 3.05) is 5.75 Å². The van der Waals surface area contributed by atoms with Crippen LogP contribution in [-0.4, -0.2) is 26.8 Å². The molecule has 1 aliphatic rings. The third-order valence-corrected chi connectivity index (χ3v) is 5.87. The molecule has 5 nitrogen and oxygen atoms in total. The predicted octanol–water partition coefficient (Wildman–Crippen LogP) is 3.40. The fourth-order valence-electron chi connectivity index (χ4n) is 2.87. The van der Waals surface area contributed by atoms with Crippen LogP contribution in [0.3, 0.4) is 0 Å². The number of rotatable bonds is 8. The lowest BCUT2D eigenvalue weighted by molar-refractivity contribution is -0.118. The van der Waals surface area contributed by atoms with Crippen molar-refractivity contribution in [1.29, 1.82) is 0 Å². The summed E-state index contributed by atoms with van der Waals surface area (Å²) in [7, 11) is 0. The second-order valence-corrected chi connectivity index (χ2v) is 7.87. The van der Waals surface area contributed by atoms with Crippen LogP contribution in [0.25, 0.3) is 0 Å². The Labute approximate surface area is 144 Å². The Hall–Kier alpha value is -1.34. The number of amides is 1. The van der Waals surface area contributed by atoms with Gasteiger partial charge in [-0.15, -0.1) is 16.4 Å². The number of aromatic amines is 1. The zero-order chi connectivity index (χ0) is 15.9. The summed E-state index contributed by atoms with van der Waals surface area (Å²) in [5, 5.41) is 12.8. The van der Waals surface area contributed by atoms with Crippen molar-refractivity contribution in [3.8, 4) is 0 Å². The first kappa shape index (κ1) is 16.5. The minimum atomic E-state index is 0.0145. The molecule has 124 valence electrons. The van der Waals surface area contributed by atoms with Crippen LogP contribution in [0.2, 0.25) is 0 Å². The Morgan fingerprint density at radius 2 is 2.30 bits per heavy atom. The molecule has 2 N–H and O–H groups in total. The van der Waals surface area contributed by atoms with E-state index in [-0.39, 0.29) is 5.91 Å². The van der Waals surface area contributed by atoms with E-state index in [0.717, 1.165) is 23.0 Å². The number of H-pyrrole nitrogens is 1. The first-order valence-electron chi connectivity index (χ1n) is 8.13. The van der Waals surface area contributed by atoms with E-state index in [1.807, 2.05) is 17.5 Å². The lowest BCUT2D eigenvalue weighted by atomic mass is 10.0. The summed E-state index contributed by atoms with van der Waals surface area (Å²) in [5.41, 5.74) is 0. The molecule has 0 saturated heterocycles. The first-order chi connectivity index (χ1) is 11.3. The molecule has 0 spiro atoms. The van der Waals surface area contributed by atoms with E-state index in [1.165, 1.54) is 43.9 Å². The van der Waals surface area contributed by atoms with Crippen molar-refractivity contribution in [3.05, 3.63) is 28.2 Å². The monoisotopic (exact) mass is 350 g/mol. The molecule has 1 fully saturated rings. The zero-order valence-electron chi connectivity index (χ0n) is 13.1. The van der Waals surface area contributed by atoms with E-state index in [1.54, 1.807) is 11.3 Å². The van der Waals surface area contributed by atoms with Gasteiger partial charge in [-0.1, -0.05) is 43.5 Å². The molecule has 0 aromatic carbocycles. The van der Waals surface area contributed by atoms with Crippen LogP contribution in [0.5, 0.6) is 0 Å². The summed E-state index contributed by atoms with van der Waals surface area (Å²) in [5.74, 6) is 2.17. The zero-order valence-corrected chi connectivity index (χ0v) is 14.7. The van der Waals surface area contributed by atoms with E-state index in [9.17, 15) is 4.79 Å². The maximum absolute atomic E-state index is 11.8. The van der Waals surface area contributed by atoms with Gasteiger partial charge in [-0.05, 0) is 23.8 Å². The third kappa shape index (κ3) is 5.35. The van der Waals surface area contributed by atoms with Gasteiger partial charge in [-0.3, -0.25) is 9.89 Å². The molecule has 2 aromatic rings. The second kappa shape index (κ2) is 8.49. The molecule has 0 aliphatic heterocycles. The van der Waals surface area contributed by atoms with Crippen molar-refractivity contribution >= 4 is 29.0 Å². The summed E-state index contributed by atoms with van der Waals surface area (Å²) in [6.07, 6.45) is 7.63. The van der Waals surface area contributed by atoms with Crippen LogP contribution in [-0.2, 0) is 17.8 Å². The fraction of sp³-hybridized carbons (Fsp3) is 0.562. The molecular weight excluding hydrogens is 328 g/mol. The number of carbonyl (C=O) groups excluding carboxylic acids is 1. The molecular formula is C16H22N4OS2. The van der Waals surface area contributed by atoms with Crippen LogP contribution < -0.4 is 5.32 Å². The maximum Gasteiger partial charge on any atom is 0.230 e. The standard InChI is InChI=1S/C16H22N4OS2/c21-15(17-10-13-6-3-9-22-13)11-23-16-18-14(19-20-16)8-7-12-4-1-2-5-12/h3,6,9,12H,1-2,4-5,7-8,10-11H2,(H,17,21)(H,18,19,20). The molecule has 1 amide bonds. The molecule has 1 saturated carbocycles. The highest BCUT2D eigenvalue weighted by Gasteiger charge is 2.15. The van der Waals surface area contributed by atoms with Crippen molar-refractivity contribution in [2.45, 2.75) is 50.2 Å². The Kier molecular flexibility index (Phi) is 6.10. The predicted molar refractivity (Wildman–Crippen MR) is 93.6 cm³/mol. The summed E-state index contributed by atoms with van der Waals surface area (Å²) in [6.45, 7) is 0.595. The quantitative estimate of drug-likeness (QED) is 0.716. The van der Waals surface area contributed by atoms with Crippen LogP contribution in [0.1, 0.15) is 42.8 Å². The molecule has 3 rings (SSSR count). The summed E-state index contributed by atoms with van der Waals surface area (Å²) < 4.78 is 0. The molecule has 0 atom stereocenters. The number of aryl methyl sites for hydroxylation is 1. The SMILES string of the molecule is O=C(CSc1n[nH]c(CCC2CCCC2)n1)NCc1cccs1. The number of carbonyl (C=O) groups is 1. The first-order valence-corrected chi connectivity index (χ1v) is 9.99. The van der Waals surface area contributed by atoms with Crippen LogP contribution in [0.15, 0.2) is 22.7 Å². The highest BCUT2D eigenvalue weighted by molar-refractivity contribution is 7.99. The van der Waals surface area contributed by atoms with Crippen LogP contribution in [0.4, 0.5) is 0 Å². The molecule has 0 unspecified atom stereocenters. The van der Waals surface area contributed by atoms with E-state index in [4.69, 9.17) is 0 Å². The Balaban J connectivity index is 1.35. The van der Waals surface area contributed by atoms with Crippen molar-refractivity contribution in [3.63, 3.8) is 0 Å². The second-order valence-electron chi connectivity index (χ2n) is 5.90. The van der Waals surface area contributed by atoms with Gasteiger partial charge in [0.05, 0.1) is 12.3 Å². The summed E-state index contributed by atoms with van der Waals surface area (Å²) in [6, 6.07) is 4.01. The topological polar surface area (TPSA) is 70.7 Å². The van der Waals surface area contributed by atoms with Crippen LogP contribution in [0, 0.1) is 5.92 Å². The third-order valence-electron chi connectivity index (χ3n) is 4.15. The Morgan fingerprint density at radius 3 is 3.09 bits per heavy atom. The fourth-order valence-corrected chi connectivity index (χ4v) is 4.17. The van der Waals surface area contributed by atoms with Gasteiger partial charge in [-0.2, -0.15) is 0 Å². The minimum absolute atomic E-state index is 0.0145. The number of thioether (sulfide) groups is 1. The molecule has 2 heterocycles. The smallest absolute Gasteiger partial charge is 0.230 e. The minimum Gasteiger partial charge on any atom is -0.350 e. The lowest BCUT2D eigenvalue weighted by Crippen LogP contribution is -2.24. The number of thiophene rings is 1. The van der Waals surface area contributed by atoms with Crippen LogP contribution >= 0.6 is 23.1 Å². The normalized spacial score (nSPS) is 15.1. The van der Waals surface area contributed by atoms with Crippen molar-refractivity contribution < 1.29 is 4.79 Å². The van der Waals surface area contributed by atoms with Gasteiger partial charge in [0.2, 0.25) is 11.1 Å². The molecule has 23 heavy (non-hydrogen) atoms. The molecule has 7 heteroatoms. The maximum atomic E-state index is 11.8. The number of hydrogen-bond donors (Lipinski definition) is 2.